The molecule has 1 fully saturated rings. The molecule has 0 radical (unpaired) electrons. The van der Waals surface area contributed by atoms with Crippen molar-refractivity contribution in [3.8, 4) is 0 Å². The maximum Gasteiger partial charge on any atom is 0.410 e. The van der Waals surface area contributed by atoms with Crippen LogP contribution in [0.5, 0.6) is 0 Å². The Labute approximate surface area is 218 Å². The summed E-state index contributed by atoms with van der Waals surface area (Å²) in [5.74, 6) is 1.41. The van der Waals surface area contributed by atoms with Gasteiger partial charge in [0.25, 0.3) is 10.0 Å². The van der Waals surface area contributed by atoms with Gasteiger partial charge in [-0.1, -0.05) is 12.1 Å². The fourth-order valence-corrected chi connectivity index (χ4v) is 5.42. The summed E-state index contributed by atoms with van der Waals surface area (Å²) in [7, 11) is -2.42. The lowest BCUT2D eigenvalue weighted by Crippen LogP contribution is -2.43. The van der Waals surface area contributed by atoms with Crippen molar-refractivity contribution in [2.45, 2.75) is 64.0 Å². The smallest absolute Gasteiger partial charge is 0.410 e. The number of aromatic nitrogens is 2. The van der Waals surface area contributed by atoms with E-state index in [0.717, 1.165) is 19.4 Å². The Balaban J connectivity index is 1.65. The number of rotatable bonds is 8. The van der Waals surface area contributed by atoms with Crippen LogP contribution in [-0.4, -0.2) is 72.2 Å². The standard InChI is InChI=1S/C25H37FN6O4S/c1-18(2)32(26)37(34,35)21-10-8-7-9-20(21)29-22-15-23(28-17-27-22)30(6)16-19-11-13-31(14-12-19)24(33)36-25(3,4)5/h7-10,15,17-19H,11-14,16H2,1-6H3,(H,27,28,29). The molecule has 12 heteroatoms. The van der Waals surface area contributed by atoms with Crippen LogP contribution in [0.15, 0.2) is 41.6 Å². The van der Waals surface area contributed by atoms with Gasteiger partial charge in [-0.25, -0.2) is 23.2 Å². The lowest BCUT2D eigenvalue weighted by Gasteiger charge is -2.35. The van der Waals surface area contributed by atoms with E-state index in [9.17, 15) is 17.7 Å². The first-order valence-corrected chi connectivity index (χ1v) is 13.8. The number of halogens is 1. The number of benzene rings is 1. The molecule has 1 aliphatic heterocycles. The van der Waals surface area contributed by atoms with Crippen LogP contribution < -0.4 is 10.2 Å². The van der Waals surface area contributed by atoms with Gasteiger partial charge in [0.15, 0.2) is 0 Å². The van der Waals surface area contributed by atoms with Gasteiger partial charge in [0, 0.05) is 32.7 Å². The molecule has 1 saturated heterocycles. The topological polar surface area (TPSA) is 108 Å². The van der Waals surface area contributed by atoms with E-state index in [1.54, 1.807) is 29.2 Å². The zero-order valence-corrected chi connectivity index (χ0v) is 23.1. The predicted molar refractivity (Wildman–Crippen MR) is 141 cm³/mol. The highest BCUT2D eigenvalue weighted by Gasteiger charge is 2.30. The third-order valence-corrected chi connectivity index (χ3v) is 7.70. The number of hydrogen-bond donors (Lipinski definition) is 1. The van der Waals surface area contributed by atoms with E-state index in [4.69, 9.17) is 4.74 Å². The minimum Gasteiger partial charge on any atom is -0.444 e. The molecule has 37 heavy (non-hydrogen) atoms. The molecule has 0 atom stereocenters. The zero-order valence-electron chi connectivity index (χ0n) is 22.3. The first-order valence-electron chi connectivity index (χ1n) is 12.4. The number of piperidine rings is 1. The Hall–Kier alpha value is -2.99. The first kappa shape index (κ1) is 28.6. The Morgan fingerprint density at radius 1 is 1.22 bits per heavy atom. The molecule has 2 aromatic rings. The number of likely N-dealkylation sites (tertiary alicyclic amines) is 1. The minimum atomic E-state index is -4.34. The second-order valence-corrected chi connectivity index (χ2v) is 12.3. The Bertz CT molecular complexity index is 1180. The van der Waals surface area contributed by atoms with Crippen molar-refractivity contribution < 1.29 is 22.4 Å². The number of nitrogens with one attached hydrogen (secondary N) is 1. The van der Waals surface area contributed by atoms with Gasteiger partial charge in [-0.2, -0.15) is 0 Å². The normalized spacial score (nSPS) is 15.2. The molecule has 0 aliphatic carbocycles. The van der Waals surface area contributed by atoms with Crippen molar-refractivity contribution in [1.29, 1.82) is 0 Å². The van der Waals surface area contributed by atoms with E-state index in [0.29, 0.717) is 30.6 Å². The summed E-state index contributed by atoms with van der Waals surface area (Å²) in [5, 5.41) is 3.00. The monoisotopic (exact) mass is 536 g/mol. The summed E-state index contributed by atoms with van der Waals surface area (Å²) in [4.78, 5) is 24.5. The molecule has 10 nitrogen and oxygen atoms in total. The van der Waals surface area contributed by atoms with Crippen molar-refractivity contribution in [3.63, 3.8) is 0 Å². The SMILES string of the molecule is CC(C)N(F)S(=O)(=O)c1ccccc1Nc1cc(N(C)CC2CCN(C(=O)OC(C)(C)C)CC2)ncn1. The Morgan fingerprint density at radius 3 is 2.49 bits per heavy atom. The second kappa shape index (κ2) is 11.6. The molecule has 2 heterocycles. The average molecular weight is 537 g/mol. The van der Waals surface area contributed by atoms with E-state index in [-0.39, 0.29) is 21.2 Å². The van der Waals surface area contributed by atoms with Gasteiger partial charge < -0.3 is 19.9 Å². The van der Waals surface area contributed by atoms with Crippen LogP contribution in [0.25, 0.3) is 0 Å². The van der Waals surface area contributed by atoms with Gasteiger partial charge in [-0.05, 0) is 70.0 Å². The van der Waals surface area contributed by atoms with Gasteiger partial charge in [0.1, 0.15) is 28.5 Å². The predicted octanol–water partition coefficient (Wildman–Crippen LogP) is 4.59. The Kier molecular flexibility index (Phi) is 8.96. The van der Waals surface area contributed by atoms with E-state index in [2.05, 4.69) is 15.3 Å². The van der Waals surface area contributed by atoms with Crippen LogP contribution in [0.3, 0.4) is 0 Å². The Morgan fingerprint density at radius 2 is 1.86 bits per heavy atom. The third kappa shape index (κ3) is 7.51. The average Bonchev–Trinajstić information content (AvgIpc) is 2.83. The molecule has 204 valence electrons. The number of sulfonamides is 1. The van der Waals surface area contributed by atoms with Crippen molar-refractivity contribution in [1.82, 2.24) is 19.4 Å². The van der Waals surface area contributed by atoms with Crippen LogP contribution in [0.1, 0.15) is 47.5 Å². The number of nitrogens with zero attached hydrogens (tertiary/aromatic N) is 5. The summed E-state index contributed by atoms with van der Waals surface area (Å²) >= 11 is 0. The fourth-order valence-electron chi connectivity index (χ4n) is 4.03. The molecule has 1 aromatic carbocycles. The number of anilines is 3. The number of ether oxygens (including phenoxy) is 1. The quantitative estimate of drug-likeness (QED) is 0.488. The molecule has 1 amide bonds. The van der Waals surface area contributed by atoms with Crippen LogP contribution in [0.2, 0.25) is 0 Å². The van der Waals surface area contributed by atoms with Crippen LogP contribution >= 0.6 is 0 Å². The van der Waals surface area contributed by atoms with Gasteiger partial charge in [-0.15, -0.1) is 4.48 Å². The van der Waals surface area contributed by atoms with Crippen LogP contribution in [-0.2, 0) is 14.8 Å². The van der Waals surface area contributed by atoms with E-state index in [1.807, 2.05) is 32.7 Å². The third-order valence-electron chi connectivity index (χ3n) is 5.91. The molecule has 1 aromatic heterocycles. The summed E-state index contributed by atoms with van der Waals surface area (Å²) in [6, 6.07) is 6.99. The van der Waals surface area contributed by atoms with E-state index >= 15 is 0 Å². The molecular formula is C25H37FN6O4S. The second-order valence-electron chi connectivity index (χ2n) is 10.5. The lowest BCUT2D eigenvalue weighted by atomic mass is 9.96. The summed E-state index contributed by atoms with van der Waals surface area (Å²) in [5.41, 5.74) is -0.301. The molecule has 0 unspecified atom stereocenters. The summed E-state index contributed by atoms with van der Waals surface area (Å²) in [6.45, 7) is 10.5. The van der Waals surface area contributed by atoms with E-state index in [1.165, 1.54) is 26.2 Å². The van der Waals surface area contributed by atoms with Crippen LogP contribution in [0.4, 0.5) is 26.6 Å². The van der Waals surface area contributed by atoms with Gasteiger partial charge in [-0.3, -0.25) is 0 Å². The van der Waals surface area contributed by atoms with Crippen molar-refractivity contribution >= 4 is 33.4 Å². The van der Waals surface area contributed by atoms with E-state index < -0.39 is 21.7 Å². The number of para-hydroxylation sites is 1. The molecule has 3 rings (SSSR count). The number of carbonyl (C=O) groups is 1. The number of hydrogen-bond acceptors (Lipinski definition) is 8. The number of carbonyl (C=O) groups excluding carboxylic acids is 1. The van der Waals surface area contributed by atoms with Gasteiger partial charge in [0.2, 0.25) is 0 Å². The maximum absolute atomic E-state index is 14.4. The molecule has 0 saturated carbocycles. The first-order chi connectivity index (χ1) is 17.3. The summed E-state index contributed by atoms with van der Waals surface area (Å²) < 4.78 is 45.2. The van der Waals surface area contributed by atoms with Gasteiger partial charge in [0.05, 0.1) is 11.7 Å². The largest absolute Gasteiger partial charge is 0.444 e. The van der Waals surface area contributed by atoms with Crippen LogP contribution in [0, 0.1) is 5.92 Å². The van der Waals surface area contributed by atoms with Crippen molar-refractivity contribution in [3.05, 3.63) is 36.7 Å². The molecule has 0 bridgehead atoms. The minimum absolute atomic E-state index is 0.152. The highest BCUT2D eigenvalue weighted by Crippen LogP contribution is 2.29. The lowest BCUT2D eigenvalue weighted by molar-refractivity contribution is 0.0186. The maximum atomic E-state index is 14.4. The number of amides is 1. The molecule has 1 aliphatic rings. The molecular weight excluding hydrogens is 499 g/mol. The molecule has 0 spiro atoms. The highest BCUT2D eigenvalue weighted by atomic mass is 32.2. The fraction of sp³-hybridized carbons (Fsp3) is 0.560. The van der Waals surface area contributed by atoms with Crippen molar-refractivity contribution in [2.75, 3.05) is 36.9 Å². The summed E-state index contributed by atoms with van der Waals surface area (Å²) in [6.07, 6.45) is 2.81. The van der Waals surface area contributed by atoms with Gasteiger partial charge >= 0.3 is 6.09 Å². The van der Waals surface area contributed by atoms with Crippen molar-refractivity contribution in [2.24, 2.45) is 5.92 Å². The highest BCUT2D eigenvalue weighted by molar-refractivity contribution is 7.89. The molecule has 1 N–H and O–H groups in total. The zero-order chi connectivity index (χ0) is 27.4.